The van der Waals surface area contributed by atoms with Crippen LogP contribution in [-0.4, -0.2) is 32.9 Å². The second-order valence-corrected chi connectivity index (χ2v) is 7.30. The minimum absolute atomic E-state index is 0.0475. The molecule has 1 saturated carbocycles. The van der Waals surface area contributed by atoms with Crippen LogP contribution in [0.1, 0.15) is 18.4 Å². The third-order valence-electron chi connectivity index (χ3n) is 5.32. The molecule has 1 atom stereocenters. The lowest BCUT2D eigenvalue weighted by molar-refractivity contribution is -0.123. The van der Waals surface area contributed by atoms with Gasteiger partial charge in [0.1, 0.15) is 6.54 Å². The maximum atomic E-state index is 12.6. The average molecular weight is 365 g/mol. The van der Waals surface area contributed by atoms with Gasteiger partial charge in [-0.05, 0) is 42.9 Å². The number of hydrogen-bond acceptors (Lipinski definition) is 3. The fraction of sp³-hybridized carbons (Fsp3) is 0.333. The van der Waals surface area contributed by atoms with E-state index >= 15 is 0 Å². The fourth-order valence-corrected chi connectivity index (χ4v) is 3.78. The molecule has 6 nitrogen and oxygen atoms in total. The average Bonchev–Trinajstić information content (AvgIpc) is 2.95. The molecule has 1 aliphatic rings. The van der Waals surface area contributed by atoms with Crippen molar-refractivity contribution in [1.29, 1.82) is 0 Å². The number of aliphatic hydroxyl groups excluding tert-OH is 1. The van der Waals surface area contributed by atoms with Crippen molar-refractivity contribution >= 4 is 16.8 Å². The molecule has 0 bridgehead atoms. The third kappa shape index (κ3) is 3.80. The van der Waals surface area contributed by atoms with Gasteiger partial charge in [0, 0.05) is 6.04 Å². The third-order valence-corrected chi connectivity index (χ3v) is 5.32. The number of amides is 1. The summed E-state index contributed by atoms with van der Waals surface area (Å²) < 4.78 is 1.34. The summed E-state index contributed by atoms with van der Waals surface area (Å²) >= 11 is 0. The highest BCUT2D eigenvalue weighted by atomic mass is 16.3. The number of nitrogens with zero attached hydrogens (tertiary/aromatic N) is 1. The number of rotatable bonds is 6. The second kappa shape index (κ2) is 7.40. The van der Waals surface area contributed by atoms with E-state index in [0.717, 1.165) is 11.1 Å². The molecule has 1 unspecified atom stereocenters. The largest absolute Gasteiger partial charge is 0.393 e. The highest BCUT2D eigenvalue weighted by molar-refractivity contribution is 5.79. The SMILES string of the molecule is O=C(Cn1[nH]c2ccccc2c1=O)NC(Cc1ccccc1)C1CC(O)C1. The van der Waals surface area contributed by atoms with E-state index in [9.17, 15) is 14.7 Å². The van der Waals surface area contributed by atoms with Gasteiger partial charge in [-0.15, -0.1) is 0 Å². The molecule has 3 aromatic rings. The molecule has 1 amide bonds. The summed E-state index contributed by atoms with van der Waals surface area (Å²) in [5, 5.41) is 16.3. The molecule has 1 aliphatic carbocycles. The Morgan fingerprint density at radius 3 is 2.56 bits per heavy atom. The van der Waals surface area contributed by atoms with Crippen molar-refractivity contribution in [1.82, 2.24) is 15.1 Å². The molecule has 1 fully saturated rings. The first kappa shape index (κ1) is 17.5. The Hall–Kier alpha value is -2.86. The smallest absolute Gasteiger partial charge is 0.274 e. The predicted octanol–water partition coefficient (Wildman–Crippen LogP) is 1.83. The van der Waals surface area contributed by atoms with Crippen LogP contribution >= 0.6 is 0 Å². The van der Waals surface area contributed by atoms with Crippen LogP contribution in [-0.2, 0) is 17.8 Å². The molecular formula is C21H23N3O3. The number of aliphatic hydroxyl groups is 1. The van der Waals surface area contributed by atoms with Crippen LogP contribution in [0, 0.1) is 5.92 Å². The van der Waals surface area contributed by atoms with Gasteiger partial charge in [-0.25, -0.2) is 4.68 Å². The number of para-hydroxylation sites is 1. The van der Waals surface area contributed by atoms with Crippen molar-refractivity contribution in [3.05, 3.63) is 70.5 Å². The maximum absolute atomic E-state index is 12.6. The van der Waals surface area contributed by atoms with Gasteiger partial charge >= 0.3 is 0 Å². The summed E-state index contributed by atoms with van der Waals surface area (Å²) in [6.07, 6.45) is 1.83. The lowest BCUT2D eigenvalue weighted by Gasteiger charge is -2.38. The standard InChI is InChI=1S/C21H23N3O3/c25-16-11-15(12-16)19(10-14-6-2-1-3-7-14)22-20(26)13-24-21(27)17-8-4-5-9-18(17)23-24/h1-9,15-16,19,23,25H,10-13H2,(H,22,26). The molecule has 4 rings (SSSR count). The molecule has 6 heteroatoms. The lowest BCUT2D eigenvalue weighted by Crippen LogP contribution is -2.49. The molecule has 27 heavy (non-hydrogen) atoms. The van der Waals surface area contributed by atoms with Gasteiger partial charge in [0.25, 0.3) is 5.56 Å². The minimum Gasteiger partial charge on any atom is -0.393 e. The first-order valence-electron chi connectivity index (χ1n) is 9.29. The second-order valence-electron chi connectivity index (χ2n) is 7.30. The topological polar surface area (TPSA) is 87.1 Å². The highest BCUT2D eigenvalue weighted by Crippen LogP contribution is 2.31. The zero-order valence-corrected chi connectivity index (χ0v) is 15.0. The fourth-order valence-electron chi connectivity index (χ4n) is 3.78. The van der Waals surface area contributed by atoms with E-state index in [-0.39, 0.29) is 36.1 Å². The number of H-pyrrole nitrogens is 1. The predicted molar refractivity (Wildman–Crippen MR) is 103 cm³/mol. The van der Waals surface area contributed by atoms with Gasteiger partial charge in [-0.1, -0.05) is 42.5 Å². The van der Waals surface area contributed by atoms with Crippen LogP contribution in [0.2, 0.25) is 0 Å². The van der Waals surface area contributed by atoms with E-state index in [2.05, 4.69) is 10.4 Å². The van der Waals surface area contributed by atoms with E-state index in [1.54, 1.807) is 12.1 Å². The lowest BCUT2D eigenvalue weighted by atomic mass is 9.75. The quantitative estimate of drug-likeness (QED) is 0.623. The molecule has 0 aliphatic heterocycles. The van der Waals surface area contributed by atoms with Crippen LogP contribution in [0.4, 0.5) is 0 Å². The highest BCUT2D eigenvalue weighted by Gasteiger charge is 2.34. The first-order chi connectivity index (χ1) is 13.1. The Balaban J connectivity index is 1.47. The van der Waals surface area contributed by atoms with Crippen molar-refractivity contribution in [3.8, 4) is 0 Å². The zero-order chi connectivity index (χ0) is 18.8. The van der Waals surface area contributed by atoms with E-state index in [0.29, 0.717) is 24.6 Å². The van der Waals surface area contributed by atoms with Gasteiger partial charge in [0.05, 0.1) is 17.0 Å². The number of hydrogen-bond donors (Lipinski definition) is 3. The van der Waals surface area contributed by atoms with Crippen molar-refractivity contribution in [2.75, 3.05) is 0 Å². The maximum Gasteiger partial charge on any atom is 0.274 e. The molecule has 1 aromatic heterocycles. The van der Waals surface area contributed by atoms with Gasteiger partial charge in [0.2, 0.25) is 5.91 Å². The zero-order valence-electron chi connectivity index (χ0n) is 15.0. The van der Waals surface area contributed by atoms with Crippen LogP contribution in [0.3, 0.4) is 0 Å². The van der Waals surface area contributed by atoms with Crippen molar-refractivity contribution in [2.45, 2.75) is 38.0 Å². The van der Waals surface area contributed by atoms with Gasteiger partial charge in [-0.2, -0.15) is 0 Å². The normalized spacial score (nSPS) is 20.2. The van der Waals surface area contributed by atoms with E-state index in [1.165, 1.54) is 4.68 Å². The Morgan fingerprint density at radius 2 is 1.85 bits per heavy atom. The van der Waals surface area contributed by atoms with Crippen LogP contribution < -0.4 is 10.9 Å². The summed E-state index contributed by atoms with van der Waals surface area (Å²) in [7, 11) is 0. The van der Waals surface area contributed by atoms with Crippen LogP contribution in [0.25, 0.3) is 10.9 Å². The number of aromatic nitrogens is 2. The van der Waals surface area contributed by atoms with Gasteiger partial charge in [0.15, 0.2) is 0 Å². The molecule has 0 saturated heterocycles. The van der Waals surface area contributed by atoms with Crippen LogP contribution in [0.15, 0.2) is 59.4 Å². The Morgan fingerprint density at radius 1 is 1.15 bits per heavy atom. The van der Waals surface area contributed by atoms with Gasteiger partial charge < -0.3 is 10.4 Å². The van der Waals surface area contributed by atoms with Crippen molar-refractivity contribution in [2.24, 2.45) is 5.92 Å². The summed E-state index contributed by atoms with van der Waals surface area (Å²) in [6.45, 7) is -0.0475. The number of fused-ring (bicyclic) bond motifs is 1. The number of carbonyl (C=O) groups excluding carboxylic acids is 1. The summed E-state index contributed by atoms with van der Waals surface area (Å²) in [4.78, 5) is 25.0. The van der Waals surface area contributed by atoms with E-state index in [1.807, 2.05) is 42.5 Å². The first-order valence-corrected chi connectivity index (χ1v) is 9.29. The molecule has 0 spiro atoms. The minimum atomic E-state index is -0.276. The van der Waals surface area contributed by atoms with Crippen molar-refractivity contribution in [3.63, 3.8) is 0 Å². The Bertz CT molecular complexity index is 987. The van der Waals surface area contributed by atoms with Crippen molar-refractivity contribution < 1.29 is 9.90 Å². The molecule has 3 N–H and O–H groups in total. The molecule has 2 aromatic carbocycles. The van der Waals surface area contributed by atoms with E-state index < -0.39 is 0 Å². The molecule has 140 valence electrons. The van der Waals surface area contributed by atoms with Gasteiger partial charge in [-0.3, -0.25) is 14.7 Å². The number of benzene rings is 2. The summed E-state index contributed by atoms with van der Waals surface area (Å²) in [5.74, 6) is 0.0505. The molecule has 1 heterocycles. The number of carbonyl (C=O) groups is 1. The Labute approximate surface area is 156 Å². The molecule has 0 radical (unpaired) electrons. The number of nitrogens with one attached hydrogen (secondary N) is 2. The summed E-state index contributed by atoms with van der Waals surface area (Å²) in [5.41, 5.74) is 1.67. The summed E-state index contributed by atoms with van der Waals surface area (Å²) in [6, 6.07) is 17.2. The van der Waals surface area contributed by atoms with Crippen LogP contribution in [0.5, 0.6) is 0 Å². The number of aromatic amines is 1. The van der Waals surface area contributed by atoms with E-state index in [4.69, 9.17) is 0 Å². The molecular weight excluding hydrogens is 342 g/mol. The Kier molecular flexibility index (Phi) is 4.81. The monoisotopic (exact) mass is 365 g/mol.